The van der Waals surface area contributed by atoms with Crippen LogP contribution < -0.4 is 0 Å². The van der Waals surface area contributed by atoms with Crippen LogP contribution in [0.5, 0.6) is 0 Å². The third-order valence-corrected chi connectivity index (χ3v) is 3.09. The summed E-state index contributed by atoms with van der Waals surface area (Å²) in [6.45, 7) is 0.111. The van der Waals surface area contributed by atoms with Gasteiger partial charge in [0.05, 0.1) is 0 Å². The molecule has 0 aromatic rings. The standard InChI is InChI=1S/C10H15F5OS/c1-2-9(16)17-4-3-10(14,15)8(13)5-7(12)6-11/h7-8H,2-6H2,1H3. The number of hydrogen-bond acceptors (Lipinski definition) is 2. The topological polar surface area (TPSA) is 17.1 Å². The Morgan fingerprint density at radius 3 is 2.41 bits per heavy atom. The molecule has 0 radical (unpaired) electrons. The van der Waals surface area contributed by atoms with Crippen molar-refractivity contribution in [1.82, 2.24) is 0 Å². The Kier molecular flexibility index (Phi) is 7.74. The first-order valence-corrected chi connectivity index (χ1v) is 6.19. The summed E-state index contributed by atoms with van der Waals surface area (Å²) in [5.41, 5.74) is 0. The van der Waals surface area contributed by atoms with E-state index in [9.17, 15) is 26.7 Å². The normalized spacial score (nSPS) is 15.6. The van der Waals surface area contributed by atoms with Crippen LogP contribution >= 0.6 is 11.8 Å². The average molecular weight is 278 g/mol. The lowest BCUT2D eigenvalue weighted by molar-refractivity contribution is -0.110. The Morgan fingerprint density at radius 2 is 1.94 bits per heavy atom. The summed E-state index contributed by atoms with van der Waals surface area (Å²) in [5, 5.41) is -0.261. The van der Waals surface area contributed by atoms with Crippen LogP contribution in [0.2, 0.25) is 0 Å². The smallest absolute Gasteiger partial charge is 0.279 e. The first kappa shape index (κ1) is 16.7. The fourth-order valence-corrected chi connectivity index (χ4v) is 1.83. The molecule has 0 heterocycles. The fourth-order valence-electron chi connectivity index (χ4n) is 1.02. The van der Waals surface area contributed by atoms with E-state index in [1.54, 1.807) is 6.92 Å². The van der Waals surface area contributed by atoms with Crippen molar-refractivity contribution in [2.75, 3.05) is 12.4 Å². The highest BCUT2D eigenvalue weighted by Crippen LogP contribution is 2.30. The Hall–Kier alpha value is -0.330. The zero-order valence-electron chi connectivity index (χ0n) is 9.40. The van der Waals surface area contributed by atoms with Crippen molar-refractivity contribution in [2.24, 2.45) is 0 Å². The van der Waals surface area contributed by atoms with E-state index in [1.807, 2.05) is 0 Å². The monoisotopic (exact) mass is 278 g/mol. The zero-order valence-corrected chi connectivity index (χ0v) is 10.2. The van der Waals surface area contributed by atoms with E-state index in [2.05, 4.69) is 0 Å². The van der Waals surface area contributed by atoms with Crippen molar-refractivity contribution in [3.05, 3.63) is 0 Å². The molecular weight excluding hydrogens is 263 g/mol. The van der Waals surface area contributed by atoms with Crippen molar-refractivity contribution in [1.29, 1.82) is 0 Å². The van der Waals surface area contributed by atoms with Gasteiger partial charge in [-0.3, -0.25) is 4.79 Å². The van der Waals surface area contributed by atoms with Gasteiger partial charge in [-0.05, 0) is 0 Å². The van der Waals surface area contributed by atoms with Crippen LogP contribution in [-0.4, -0.2) is 35.8 Å². The number of carbonyl (C=O) groups excluding carboxylic acids is 1. The molecule has 0 aromatic carbocycles. The maximum absolute atomic E-state index is 13.1. The molecule has 0 aromatic heterocycles. The van der Waals surface area contributed by atoms with E-state index in [-0.39, 0.29) is 17.3 Å². The lowest BCUT2D eigenvalue weighted by Crippen LogP contribution is -2.33. The van der Waals surface area contributed by atoms with Crippen LogP contribution in [0.3, 0.4) is 0 Å². The molecule has 102 valence electrons. The molecule has 0 fully saturated rings. The van der Waals surface area contributed by atoms with Gasteiger partial charge in [-0.15, -0.1) is 0 Å². The summed E-state index contributed by atoms with van der Waals surface area (Å²) in [6.07, 6.45) is -6.73. The van der Waals surface area contributed by atoms with E-state index in [0.29, 0.717) is 11.8 Å². The average Bonchev–Trinajstić information content (AvgIpc) is 2.28. The van der Waals surface area contributed by atoms with E-state index in [0.717, 1.165) is 0 Å². The van der Waals surface area contributed by atoms with E-state index in [4.69, 9.17) is 0 Å². The summed E-state index contributed by atoms with van der Waals surface area (Å²) in [5.74, 6) is -3.95. The molecule has 1 nitrogen and oxygen atoms in total. The van der Waals surface area contributed by atoms with Crippen LogP contribution in [0.1, 0.15) is 26.2 Å². The highest BCUT2D eigenvalue weighted by atomic mass is 32.2. The quantitative estimate of drug-likeness (QED) is 0.629. The molecule has 0 N–H and O–H groups in total. The molecule has 2 unspecified atom stereocenters. The molecule has 0 aliphatic heterocycles. The van der Waals surface area contributed by atoms with Gasteiger partial charge in [-0.25, -0.2) is 22.0 Å². The van der Waals surface area contributed by atoms with Gasteiger partial charge in [0.25, 0.3) is 5.92 Å². The second kappa shape index (κ2) is 7.89. The minimum atomic E-state index is -3.72. The van der Waals surface area contributed by atoms with Crippen molar-refractivity contribution in [3.63, 3.8) is 0 Å². The second-order valence-electron chi connectivity index (χ2n) is 3.54. The highest BCUT2D eigenvalue weighted by Gasteiger charge is 2.40. The molecule has 7 heteroatoms. The highest BCUT2D eigenvalue weighted by molar-refractivity contribution is 8.13. The summed E-state index contributed by atoms with van der Waals surface area (Å²) in [7, 11) is 0. The molecule has 0 saturated heterocycles. The van der Waals surface area contributed by atoms with Crippen molar-refractivity contribution in [3.8, 4) is 0 Å². The van der Waals surface area contributed by atoms with Crippen LogP contribution in [-0.2, 0) is 4.79 Å². The van der Waals surface area contributed by atoms with Crippen molar-refractivity contribution < 1.29 is 26.7 Å². The van der Waals surface area contributed by atoms with Gasteiger partial charge in [-0.2, -0.15) is 0 Å². The molecule has 0 aliphatic rings. The predicted octanol–water partition coefficient (Wildman–Crippen LogP) is 3.72. The first-order chi connectivity index (χ1) is 7.83. The molecule has 2 atom stereocenters. The number of carbonyl (C=O) groups is 1. The minimum Gasteiger partial charge on any atom is -0.287 e. The third kappa shape index (κ3) is 6.85. The Morgan fingerprint density at radius 1 is 1.35 bits per heavy atom. The lowest BCUT2D eigenvalue weighted by atomic mass is 10.1. The predicted molar refractivity (Wildman–Crippen MR) is 57.7 cm³/mol. The third-order valence-electron chi connectivity index (χ3n) is 2.08. The summed E-state index contributed by atoms with van der Waals surface area (Å²) >= 11 is 0.692. The van der Waals surface area contributed by atoms with E-state index >= 15 is 0 Å². The number of halogens is 5. The molecule has 0 aliphatic carbocycles. The van der Waals surface area contributed by atoms with Gasteiger partial charge in [0.1, 0.15) is 12.8 Å². The Bertz CT molecular complexity index is 237. The van der Waals surface area contributed by atoms with E-state index < -0.39 is 37.8 Å². The first-order valence-electron chi connectivity index (χ1n) is 5.21. The molecule has 0 rings (SSSR count). The summed E-state index contributed by atoms with van der Waals surface area (Å²) < 4.78 is 63.2. The fraction of sp³-hybridized carbons (Fsp3) is 0.900. The number of hydrogen-bond donors (Lipinski definition) is 0. The summed E-state index contributed by atoms with van der Waals surface area (Å²) in [6, 6.07) is 0. The Balaban J connectivity index is 4.04. The van der Waals surface area contributed by atoms with Crippen LogP contribution in [0.4, 0.5) is 22.0 Å². The van der Waals surface area contributed by atoms with Gasteiger partial charge in [0.15, 0.2) is 11.3 Å². The van der Waals surface area contributed by atoms with Gasteiger partial charge in [0.2, 0.25) is 0 Å². The number of rotatable bonds is 8. The lowest BCUT2D eigenvalue weighted by Gasteiger charge is -2.21. The summed E-state index contributed by atoms with van der Waals surface area (Å²) in [4.78, 5) is 10.8. The number of alkyl halides is 5. The molecule has 0 saturated carbocycles. The maximum Gasteiger partial charge on any atom is 0.279 e. The second-order valence-corrected chi connectivity index (χ2v) is 4.69. The van der Waals surface area contributed by atoms with Gasteiger partial charge < -0.3 is 0 Å². The molecule has 0 spiro atoms. The molecular formula is C10H15F5OS. The van der Waals surface area contributed by atoms with Crippen LogP contribution in [0, 0.1) is 0 Å². The van der Waals surface area contributed by atoms with E-state index in [1.165, 1.54) is 0 Å². The minimum absolute atomic E-state index is 0.212. The van der Waals surface area contributed by atoms with Crippen molar-refractivity contribution in [2.45, 2.75) is 44.5 Å². The largest absolute Gasteiger partial charge is 0.287 e. The van der Waals surface area contributed by atoms with Gasteiger partial charge in [0, 0.05) is 25.0 Å². The molecule has 17 heavy (non-hydrogen) atoms. The van der Waals surface area contributed by atoms with Gasteiger partial charge >= 0.3 is 0 Å². The maximum atomic E-state index is 13.1. The van der Waals surface area contributed by atoms with Crippen molar-refractivity contribution >= 4 is 16.9 Å². The SMILES string of the molecule is CCC(=O)SCCC(F)(F)C(F)CC(F)CF. The zero-order chi connectivity index (χ0) is 13.5. The number of thioether (sulfide) groups is 1. The van der Waals surface area contributed by atoms with Crippen LogP contribution in [0.25, 0.3) is 0 Å². The van der Waals surface area contributed by atoms with Crippen LogP contribution in [0.15, 0.2) is 0 Å². The molecule has 0 amide bonds. The Labute approximate surface area is 101 Å². The molecule has 0 bridgehead atoms. The van der Waals surface area contributed by atoms with Gasteiger partial charge in [-0.1, -0.05) is 18.7 Å².